The summed E-state index contributed by atoms with van der Waals surface area (Å²) in [6.45, 7) is 1.38. The number of likely N-dealkylation sites (tertiary alicyclic amines) is 1. The van der Waals surface area contributed by atoms with Crippen LogP contribution in [0.1, 0.15) is 38.5 Å². The van der Waals surface area contributed by atoms with Crippen LogP contribution < -0.4 is 4.74 Å². The zero-order chi connectivity index (χ0) is 14.7. The van der Waals surface area contributed by atoms with Crippen molar-refractivity contribution >= 4 is 17.5 Å². The van der Waals surface area contributed by atoms with Gasteiger partial charge in [-0.2, -0.15) is 0 Å². The second-order valence-corrected chi connectivity index (χ2v) is 6.48. The van der Waals surface area contributed by atoms with Crippen molar-refractivity contribution in [3.63, 3.8) is 0 Å². The van der Waals surface area contributed by atoms with Crippen LogP contribution in [-0.2, 0) is 4.79 Å². The molecule has 0 N–H and O–H groups in total. The number of amides is 1. The van der Waals surface area contributed by atoms with Crippen molar-refractivity contribution in [2.75, 3.05) is 13.2 Å². The number of hydrogen-bond donors (Lipinski definition) is 0. The minimum Gasteiger partial charge on any atom is -0.493 e. The van der Waals surface area contributed by atoms with Gasteiger partial charge < -0.3 is 9.64 Å². The van der Waals surface area contributed by atoms with Gasteiger partial charge in [0.1, 0.15) is 5.75 Å². The molecule has 21 heavy (non-hydrogen) atoms. The van der Waals surface area contributed by atoms with Crippen LogP contribution in [0.5, 0.6) is 5.75 Å². The molecule has 0 spiro atoms. The highest BCUT2D eigenvalue weighted by Gasteiger charge is 2.37. The van der Waals surface area contributed by atoms with Crippen LogP contribution >= 0.6 is 11.6 Å². The van der Waals surface area contributed by atoms with Crippen molar-refractivity contribution in [2.24, 2.45) is 5.92 Å². The van der Waals surface area contributed by atoms with Gasteiger partial charge in [-0.1, -0.05) is 24.4 Å². The summed E-state index contributed by atoms with van der Waals surface area (Å²) in [6, 6.07) is 7.76. The molecule has 1 aliphatic carbocycles. The van der Waals surface area contributed by atoms with Crippen LogP contribution in [0.2, 0.25) is 5.02 Å². The summed E-state index contributed by atoms with van der Waals surface area (Å²) >= 11 is 5.83. The molecule has 1 saturated carbocycles. The normalized spacial score (nSPS) is 24.7. The molecule has 2 unspecified atom stereocenters. The number of benzene rings is 1. The molecule has 1 aromatic rings. The molecule has 114 valence electrons. The van der Waals surface area contributed by atoms with E-state index in [1.54, 1.807) is 12.1 Å². The van der Waals surface area contributed by atoms with E-state index in [1.807, 2.05) is 12.1 Å². The molecule has 1 aliphatic heterocycles. The summed E-state index contributed by atoms with van der Waals surface area (Å²) in [6.07, 6.45) is 6.75. The van der Waals surface area contributed by atoms with Gasteiger partial charge in [0.2, 0.25) is 5.91 Å². The number of carbonyl (C=O) groups is 1. The van der Waals surface area contributed by atoms with Crippen LogP contribution in [0, 0.1) is 5.92 Å². The molecule has 3 rings (SSSR count). The average Bonchev–Trinajstić information content (AvgIpc) is 2.93. The third-order valence-corrected chi connectivity index (χ3v) is 4.98. The van der Waals surface area contributed by atoms with Gasteiger partial charge in [0.25, 0.3) is 0 Å². The summed E-state index contributed by atoms with van der Waals surface area (Å²) in [5.74, 6) is 1.77. The maximum Gasteiger partial charge on any atom is 0.226 e. The highest BCUT2D eigenvalue weighted by Crippen LogP contribution is 2.36. The van der Waals surface area contributed by atoms with Crippen molar-refractivity contribution in [1.82, 2.24) is 4.90 Å². The topological polar surface area (TPSA) is 29.5 Å². The van der Waals surface area contributed by atoms with Crippen molar-refractivity contribution in [2.45, 2.75) is 44.6 Å². The van der Waals surface area contributed by atoms with Gasteiger partial charge >= 0.3 is 0 Å². The van der Waals surface area contributed by atoms with E-state index in [2.05, 4.69) is 4.90 Å². The maximum absolute atomic E-state index is 12.4. The molecule has 3 nitrogen and oxygen atoms in total. The van der Waals surface area contributed by atoms with Gasteiger partial charge in [0.05, 0.1) is 13.0 Å². The second-order valence-electron chi connectivity index (χ2n) is 6.04. The van der Waals surface area contributed by atoms with Crippen molar-refractivity contribution in [3.8, 4) is 5.75 Å². The first-order valence-electron chi connectivity index (χ1n) is 7.92. The van der Waals surface area contributed by atoms with E-state index in [0.717, 1.165) is 18.2 Å². The summed E-state index contributed by atoms with van der Waals surface area (Å²) in [5.41, 5.74) is 0. The predicted octanol–water partition coefficient (Wildman–Crippen LogP) is 3.90. The van der Waals surface area contributed by atoms with Crippen molar-refractivity contribution < 1.29 is 9.53 Å². The van der Waals surface area contributed by atoms with E-state index >= 15 is 0 Å². The Bertz CT molecular complexity index is 488. The van der Waals surface area contributed by atoms with E-state index in [1.165, 1.54) is 32.1 Å². The zero-order valence-electron chi connectivity index (χ0n) is 12.3. The predicted molar refractivity (Wildman–Crippen MR) is 83.6 cm³/mol. The Hall–Kier alpha value is -1.22. The Balaban J connectivity index is 1.47. The summed E-state index contributed by atoms with van der Waals surface area (Å²) in [4.78, 5) is 14.5. The van der Waals surface area contributed by atoms with Gasteiger partial charge in [0, 0.05) is 17.6 Å². The number of hydrogen-bond acceptors (Lipinski definition) is 2. The second kappa shape index (κ2) is 6.69. The molecule has 1 saturated heterocycles. The number of halogens is 1. The number of ether oxygens (including phenoxy) is 1. The van der Waals surface area contributed by atoms with Crippen LogP contribution in [0.4, 0.5) is 0 Å². The number of fused-ring (bicyclic) bond motifs is 1. The molecule has 0 aromatic heterocycles. The van der Waals surface area contributed by atoms with Crippen LogP contribution in [0.3, 0.4) is 0 Å². The Morgan fingerprint density at radius 2 is 1.95 bits per heavy atom. The van der Waals surface area contributed by atoms with E-state index in [9.17, 15) is 4.79 Å². The van der Waals surface area contributed by atoms with Gasteiger partial charge in [-0.25, -0.2) is 0 Å². The summed E-state index contributed by atoms with van der Waals surface area (Å²) in [7, 11) is 0. The van der Waals surface area contributed by atoms with E-state index < -0.39 is 0 Å². The highest BCUT2D eigenvalue weighted by atomic mass is 35.5. The van der Waals surface area contributed by atoms with E-state index in [0.29, 0.717) is 24.1 Å². The summed E-state index contributed by atoms with van der Waals surface area (Å²) < 4.78 is 5.62. The lowest BCUT2D eigenvalue weighted by atomic mass is 9.85. The van der Waals surface area contributed by atoms with Gasteiger partial charge in [0.15, 0.2) is 0 Å². The molecule has 4 heteroatoms. The monoisotopic (exact) mass is 307 g/mol. The molecule has 1 aromatic carbocycles. The SMILES string of the molecule is O=C(CCOc1ccc(Cl)cc1)N1CCC2CCCCC21. The Morgan fingerprint density at radius 3 is 2.76 bits per heavy atom. The lowest BCUT2D eigenvalue weighted by Crippen LogP contribution is -2.39. The van der Waals surface area contributed by atoms with E-state index in [-0.39, 0.29) is 5.91 Å². The largest absolute Gasteiger partial charge is 0.493 e. The minimum atomic E-state index is 0.248. The van der Waals surface area contributed by atoms with E-state index in [4.69, 9.17) is 16.3 Å². The van der Waals surface area contributed by atoms with Gasteiger partial charge in [-0.3, -0.25) is 4.79 Å². The third kappa shape index (κ3) is 3.52. The molecule has 1 amide bonds. The average molecular weight is 308 g/mol. The fourth-order valence-electron chi connectivity index (χ4n) is 3.65. The summed E-state index contributed by atoms with van der Waals surface area (Å²) in [5, 5.41) is 0.693. The quantitative estimate of drug-likeness (QED) is 0.844. The molecule has 0 radical (unpaired) electrons. The smallest absolute Gasteiger partial charge is 0.226 e. The fourth-order valence-corrected chi connectivity index (χ4v) is 3.77. The maximum atomic E-state index is 12.4. The van der Waals surface area contributed by atoms with Crippen molar-refractivity contribution in [3.05, 3.63) is 29.3 Å². The molecular formula is C17H22ClNO2. The number of carbonyl (C=O) groups excluding carboxylic acids is 1. The highest BCUT2D eigenvalue weighted by molar-refractivity contribution is 6.30. The van der Waals surface area contributed by atoms with Crippen LogP contribution in [-0.4, -0.2) is 30.0 Å². The third-order valence-electron chi connectivity index (χ3n) is 4.73. The standard InChI is InChI=1S/C17H22ClNO2/c18-14-5-7-15(8-6-14)21-12-10-17(20)19-11-9-13-3-1-2-4-16(13)19/h5-8,13,16H,1-4,9-12H2. The van der Waals surface area contributed by atoms with Gasteiger partial charge in [-0.15, -0.1) is 0 Å². The van der Waals surface area contributed by atoms with Gasteiger partial charge in [-0.05, 0) is 49.4 Å². The first-order valence-corrected chi connectivity index (χ1v) is 8.29. The Morgan fingerprint density at radius 1 is 1.19 bits per heavy atom. The molecule has 2 fully saturated rings. The van der Waals surface area contributed by atoms with Crippen LogP contribution in [0.25, 0.3) is 0 Å². The first kappa shape index (κ1) is 14.7. The Kier molecular flexibility index (Phi) is 4.69. The number of rotatable bonds is 4. The van der Waals surface area contributed by atoms with Crippen molar-refractivity contribution in [1.29, 1.82) is 0 Å². The molecule has 0 bridgehead atoms. The molecule has 2 atom stereocenters. The Labute approximate surface area is 131 Å². The minimum absolute atomic E-state index is 0.248. The number of nitrogens with zero attached hydrogens (tertiary/aromatic N) is 1. The molecular weight excluding hydrogens is 286 g/mol. The fraction of sp³-hybridized carbons (Fsp3) is 0.588. The zero-order valence-corrected chi connectivity index (χ0v) is 13.0. The molecule has 1 heterocycles. The first-order chi connectivity index (χ1) is 10.2. The van der Waals surface area contributed by atoms with Crippen LogP contribution in [0.15, 0.2) is 24.3 Å². The lowest BCUT2D eigenvalue weighted by Gasteiger charge is -2.31. The molecule has 2 aliphatic rings. The lowest BCUT2D eigenvalue weighted by molar-refractivity contribution is -0.133.